The van der Waals surface area contributed by atoms with E-state index in [1.54, 1.807) is 14.2 Å². The molecule has 14 heavy (non-hydrogen) atoms. The summed E-state index contributed by atoms with van der Waals surface area (Å²) in [6, 6.07) is 7.43. The van der Waals surface area contributed by atoms with Crippen LogP contribution in [0.5, 0.6) is 0 Å². The summed E-state index contributed by atoms with van der Waals surface area (Å²) in [5, 5.41) is 1.22. The van der Waals surface area contributed by atoms with Crippen molar-refractivity contribution in [2.45, 2.75) is 5.79 Å². The number of ether oxygens (including phenoxy) is 2. The summed E-state index contributed by atoms with van der Waals surface area (Å²) in [4.78, 5) is 0. The zero-order valence-corrected chi connectivity index (χ0v) is 10.4. The maximum absolute atomic E-state index is 5.90. The molecule has 0 heterocycles. The van der Waals surface area contributed by atoms with Gasteiger partial charge >= 0.3 is 0 Å². The maximum atomic E-state index is 5.90. The lowest BCUT2D eigenvalue weighted by Crippen LogP contribution is -2.32. The standard InChI is InChI=1S/C10H12BrClO2/c1-13-10(7-11,14-2)8-4-3-5-9(12)6-8/h3-6H,7H2,1-2H3. The Kier molecular flexibility index (Phi) is 4.38. The van der Waals surface area contributed by atoms with E-state index in [9.17, 15) is 0 Å². The van der Waals surface area contributed by atoms with E-state index in [0.29, 0.717) is 10.4 Å². The molecule has 4 heteroatoms. The lowest BCUT2D eigenvalue weighted by Gasteiger charge is -2.29. The third-order valence-corrected chi connectivity index (χ3v) is 3.07. The molecule has 0 spiro atoms. The predicted molar refractivity (Wildman–Crippen MR) is 60.9 cm³/mol. The number of alkyl halides is 1. The van der Waals surface area contributed by atoms with E-state index < -0.39 is 5.79 Å². The lowest BCUT2D eigenvalue weighted by atomic mass is 10.1. The minimum absolute atomic E-state index is 0.549. The van der Waals surface area contributed by atoms with Crippen LogP contribution in [-0.4, -0.2) is 19.5 Å². The molecule has 0 bridgehead atoms. The molecule has 0 saturated heterocycles. The number of hydrogen-bond acceptors (Lipinski definition) is 2. The van der Waals surface area contributed by atoms with Crippen LogP contribution in [0.15, 0.2) is 24.3 Å². The van der Waals surface area contributed by atoms with E-state index in [2.05, 4.69) is 15.9 Å². The number of benzene rings is 1. The topological polar surface area (TPSA) is 18.5 Å². The summed E-state index contributed by atoms with van der Waals surface area (Å²) in [6.07, 6.45) is 0. The first-order valence-corrected chi connectivity index (χ1v) is 5.61. The zero-order chi connectivity index (χ0) is 10.6. The van der Waals surface area contributed by atoms with Crippen LogP contribution in [0.25, 0.3) is 0 Å². The first-order chi connectivity index (χ1) is 6.68. The Morgan fingerprint density at radius 1 is 1.36 bits per heavy atom. The minimum Gasteiger partial charge on any atom is -0.349 e. The van der Waals surface area contributed by atoms with Gasteiger partial charge in [0.15, 0.2) is 0 Å². The average molecular weight is 280 g/mol. The second-order valence-corrected chi connectivity index (χ2v) is 3.80. The first-order valence-electron chi connectivity index (χ1n) is 4.11. The highest BCUT2D eigenvalue weighted by molar-refractivity contribution is 9.09. The van der Waals surface area contributed by atoms with Gasteiger partial charge in [-0.05, 0) is 12.1 Å². The van der Waals surface area contributed by atoms with Gasteiger partial charge in [0.05, 0.1) is 5.33 Å². The molecule has 0 aliphatic heterocycles. The van der Waals surface area contributed by atoms with Gasteiger partial charge in [-0.15, -0.1) is 0 Å². The molecule has 0 aromatic heterocycles. The van der Waals surface area contributed by atoms with E-state index in [0.717, 1.165) is 5.56 Å². The molecule has 1 rings (SSSR count). The predicted octanol–water partition coefficient (Wildman–Crippen LogP) is 3.18. The van der Waals surface area contributed by atoms with E-state index in [1.807, 2.05) is 24.3 Å². The van der Waals surface area contributed by atoms with Gasteiger partial charge in [-0.1, -0.05) is 39.7 Å². The number of hydrogen-bond donors (Lipinski definition) is 0. The smallest absolute Gasteiger partial charge is 0.204 e. The molecule has 0 unspecified atom stereocenters. The Morgan fingerprint density at radius 3 is 2.43 bits per heavy atom. The Labute approximate surface area is 97.3 Å². The third kappa shape index (κ3) is 2.28. The van der Waals surface area contributed by atoms with Gasteiger partial charge in [0.25, 0.3) is 0 Å². The minimum atomic E-state index is -0.759. The Hall–Kier alpha value is -0.0900. The average Bonchev–Trinajstić information content (AvgIpc) is 2.22. The Bertz CT molecular complexity index is 292. The number of methoxy groups -OCH3 is 2. The molecule has 0 radical (unpaired) electrons. The fourth-order valence-electron chi connectivity index (χ4n) is 1.23. The fourth-order valence-corrected chi connectivity index (χ4v) is 2.20. The molecule has 0 amide bonds. The molecule has 78 valence electrons. The van der Waals surface area contributed by atoms with Gasteiger partial charge in [-0.25, -0.2) is 0 Å². The maximum Gasteiger partial charge on any atom is 0.204 e. The highest BCUT2D eigenvalue weighted by Gasteiger charge is 2.30. The molecule has 1 aromatic carbocycles. The van der Waals surface area contributed by atoms with Gasteiger partial charge < -0.3 is 9.47 Å². The van der Waals surface area contributed by atoms with E-state index in [-0.39, 0.29) is 0 Å². The Morgan fingerprint density at radius 2 is 2.00 bits per heavy atom. The molecule has 0 saturated carbocycles. The summed E-state index contributed by atoms with van der Waals surface area (Å²) in [7, 11) is 3.21. The van der Waals surface area contributed by atoms with Crippen LogP contribution in [0.2, 0.25) is 5.02 Å². The monoisotopic (exact) mass is 278 g/mol. The molecule has 0 aliphatic rings. The van der Waals surface area contributed by atoms with Crippen molar-refractivity contribution in [3.8, 4) is 0 Å². The highest BCUT2D eigenvalue weighted by atomic mass is 79.9. The molecule has 1 aromatic rings. The molecule has 0 aliphatic carbocycles. The summed E-state index contributed by atoms with van der Waals surface area (Å²) in [6.45, 7) is 0. The van der Waals surface area contributed by atoms with Crippen molar-refractivity contribution in [3.63, 3.8) is 0 Å². The van der Waals surface area contributed by atoms with Crippen LogP contribution in [0, 0.1) is 0 Å². The zero-order valence-electron chi connectivity index (χ0n) is 8.09. The van der Waals surface area contributed by atoms with Crippen molar-refractivity contribution in [2.24, 2.45) is 0 Å². The largest absolute Gasteiger partial charge is 0.349 e. The number of halogens is 2. The summed E-state index contributed by atoms with van der Waals surface area (Å²) in [5.74, 6) is -0.759. The van der Waals surface area contributed by atoms with Gasteiger partial charge in [0.2, 0.25) is 5.79 Å². The number of rotatable bonds is 4. The van der Waals surface area contributed by atoms with Crippen molar-refractivity contribution in [1.29, 1.82) is 0 Å². The lowest BCUT2D eigenvalue weighted by molar-refractivity contribution is -0.196. The SMILES string of the molecule is COC(CBr)(OC)c1cccc(Cl)c1. The van der Waals surface area contributed by atoms with Crippen molar-refractivity contribution < 1.29 is 9.47 Å². The van der Waals surface area contributed by atoms with Crippen LogP contribution in [0.3, 0.4) is 0 Å². The van der Waals surface area contributed by atoms with Crippen molar-refractivity contribution >= 4 is 27.5 Å². The summed E-state index contributed by atoms with van der Waals surface area (Å²) < 4.78 is 10.7. The molecule has 0 fully saturated rings. The highest BCUT2D eigenvalue weighted by Crippen LogP contribution is 2.29. The Balaban J connectivity index is 3.10. The van der Waals surface area contributed by atoms with Crippen molar-refractivity contribution in [3.05, 3.63) is 34.9 Å². The second-order valence-electron chi connectivity index (χ2n) is 2.81. The van der Waals surface area contributed by atoms with Crippen LogP contribution < -0.4 is 0 Å². The molecular formula is C10H12BrClO2. The summed E-state index contributed by atoms with van der Waals surface area (Å²) in [5.41, 5.74) is 0.895. The van der Waals surface area contributed by atoms with Gasteiger partial charge in [-0.3, -0.25) is 0 Å². The van der Waals surface area contributed by atoms with E-state index in [1.165, 1.54) is 0 Å². The molecule has 0 N–H and O–H groups in total. The van der Waals surface area contributed by atoms with Crippen LogP contribution >= 0.6 is 27.5 Å². The van der Waals surface area contributed by atoms with Crippen LogP contribution in [0.1, 0.15) is 5.56 Å². The van der Waals surface area contributed by atoms with Crippen molar-refractivity contribution in [1.82, 2.24) is 0 Å². The van der Waals surface area contributed by atoms with E-state index >= 15 is 0 Å². The molecule has 2 nitrogen and oxygen atoms in total. The van der Waals surface area contributed by atoms with Crippen LogP contribution in [0.4, 0.5) is 0 Å². The quantitative estimate of drug-likeness (QED) is 0.622. The van der Waals surface area contributed by atoms with Gasteiger partial charge in [0, 0.05) is 24.8 Å². The normalized spacial score (nSPS) is 11.7. The van der Waals surface area contributed by atoms with Gasteiger partial charge in [0.1, 0.15) is 0 Å². The first kappa shape index (κ1) is 12.0. The van der Waals surface area contributed by atoms with Crippen molar-refractivity contribution in [2.75, 3.05) is 19.5 Å². The fraction of sp³-hybridized carbons (Fsp3) is 0.400. The summed E-state index contributed by atoms with van der Waals surface area (Å²) >= 11 is 9.26. The third-order valence-electron chi connectivity index (χ3n) is 2.10. The van der Waals surface area contributed by atoms with E-state index in [4.69, 9.17) is 21.1 Å². The molecule has 0 atom stereocenters. The second kappa shape index (κ2) is 5.12. The van der Waals surface area contributed by atoms with Gasteiger partial charge in [-0.2, -0.15) is 0 Å². The molecular weight excluding hydrogens is 267 g/mol. The van der Waals surface area contributed by atoms with Crippen LogP contribution in [-0.2, 0) is 15.3 Å².